The van der Waals surface area contributed by atoms with Crippen molar-refractivity contribution in [3.63, 3.8) is 0 Å². The van der Waals surface area contributed by atoms with E-state index in [9.17, 15) is 4.79 Å². The average molecular weight is 394 g/mol. The Bertz CT molecular complexity index is 1180. The topological polar surface area (TPSA) is 99.8 Å². The lowest BCUT2D eigenvalue weighted by Crippen LogP contribution is -2.14. The predicted molar refractivity (Wildman–Crippen MR) is 108 cm³/mol. The van der Waals surface area contributed by atoms with Gasteiger partial charge >= 0.3 is 0 Å². The fraction of sp³-hybridized carbons (Fsp3) is 0.300. The molecule has 0 spiro atoms. The first-order valence-corrected chi connectivity index (χ1v) is 9.28. The smallest absolute Gasteiger partial charge is 0.259 e. The van der Waals surface area contributed by atoms with E-state index < -0.39 is 0 Å². The Hall–Kier alpha value is -3.46. The van der Waals surface area contributed by atoms with Gasteiger partial charge in [0.15, 0.2) is 0 Å². The molecule has 0 aliphatic heterocycles. The lowest BCUT2D eigenvalue weighted by molar-refractivity contribution is 0.186. The Balaban J connectivity index is 1.62. The van der Waals surface area contributed by atoms with Crippen LogP contribution in [0.1, 0.15) is 5.82 Å². The molecule has 0 bridgehead atoms. The number of fused-ring (bicyclic) bond motifs is 1. The number of aryl methyl sites for hydroxylation is 2. The second kappa shape index (κ2) is 8.27. The summed E-state index contributed by atoms with van der Waals surface area (Å²) in [7, 11) is 3.28. The molecule has 9 nitrogen and oxygen atoms in total. The van der Waals surface area contributed by atoms with Gasteiger partial charge in [0, 0.05) is 49.9 Å². The van der Waals surface area contributed by atoms with Gasteiger partial charge in [0.1, 0.15) is 23.7 Å². The van der Waals surface area contributed by atoms with Crippen molar-refractivity contribution in [1.82, 2.24) is 29.3 Å². The molecule has 0 saturated carbocycles. The van der Waals surface area contributed by atoms with E-state index in [0.717, 1.165) is 22.5 Å². The number of imidazole rings is 1. The van der Waals surface area contributed by atoms with Crippen molar-refractivity contribution in [3.8, 4) is 17.1 Å². The molecule has 3 heterocycles. The molecular weight excluding hydrogens is 372 g/mol. The van der Waals surface area contributed by atoms with Gasteiger partial charge in [-0.25, -0.2) is 4.98 Å². The van der Waals surface area contributed by atoms with Crippen LogP contribution in [-0.4, -0.2) is 50.1 Å². The van der Waals surface area contributed by atoms with E-state index in [4.69, 9.17) is 9.47 Å². The van der Waals surface area contributed by atoms with Gasteiger partial charge < -0.3 is 23.6 Å². The Morgan fingerprint density at radius 3 is 2.86 bits per heavy atom. The molecule has 0 saturated heterocycles. The summed E-state index contributed by atoms with van der Waals surface area (Å²) in [5.41, 5.74) is 1.08. The number of rotatable bonds is 8. The molecule has 1 N–H and O–H groups in total. The lowest BCUT2D eigenvalue weighted by atomic mass is 10.1. The maximum atomic E-state index is 12.7. The molecule has 0 fully saturated rings. The van der Waals surface area contributed by atoms with Gasteiger partial charge in [-0.15, -0.1) is 10.2 Å². The standard InChI is InChI=1S/C20H22N6O3/c1-28-10-9-26-13-22-24-18(26)5-7-25-8-6-21-19(25)16-12-14-11-15(29-2)3-4-17(14)23-20(16)27/h3-4,6,8,11-13H,5,7,9-10H2,1-2H3,(H,23,27). The van der Waals surface area contributed by atoms with Crippen LogP contribution in [-0.2, 0) is 24.2 Å². The molecule has 0 atom stereocenters. The van der Waals surface area contributed by atoms with E-state index in [-0.39, 0.29) is 5.56 Å². The maximum Gasteiger partial charge on any atom is 0.259 e. The number of hydrogen-bond acceptors (Lipinski definition) is 6. The molecule has 0 aliphatic rings. The number of aromatic amines is 1. The highest BCUT2D eigenvalue weighted by molar-refractivity contribution is 5.83. The zero-order valence-electron chi connectivity index (χ0n) is 16.3. The van der Waals surface area contributed by atoms with Crippen molar-refractivity contribution in [3.05, 3.63) is 59.2 Å². The number of hydrogen-bond donors (Lipinski definition) is 1. The molecule has 0 radical (unpaired) electrons. The van der Waals surface area contributed by atoms with Crippen LogP contribution in [0, 0.1) is 0 Å². The van der Waals surface area contributed by atoms with Gasteiger partial charge in [0.2, 0.25) is 0 Å². The van der Waals surface area contributed by atoms with E-state index in [1.54, 1.807) is 26.7 Å². The number of pyridine rings is 1. The minimum Gasteiger partial charge on any atom is -0.497 e. The summed E-state index contributed by atoms with van der Waals surface area (Å²) in [6.07, 6.45) is 5.91. The number of aromatic nitrogens is 6. The van der Waals surface area contributed by atoms with Gasteiger partial charge in [0.05, 0.1) is 19.3 Å². The summed E-state index contributed by atoms with van der Waals surface area (Å²) in [5, 5.41) is 9.06. The normalized spacial score (nSPS) is 11.2. The number of nitrogens with one attached hydrogen (secondary N) is 1. The molecule has 29 heavy (non-hydrogen) atoms. The number of ether oxygens (including phenoxy) is 2. The van der Waals surface area contributed by atoms with Crippen molar-refractivity contribution in [1.29, 1.82) is 0 Å². The Morgan fingerprint density at radius 2 is 2.03 bits per heavy atom. The van der Waals surface area contributed by atoms with E-state index in [1.165, 1.54) is 0 Å². The quantitative estimate of drug-likeness (QED) is 0.490. The number of H-pyrrole nitrogens is 1. The van der Waals surface area contributed by atoms with Crippen molar-refractivity contribution in [2.24, 2.45) is 0 Å². The van der Waals surface area contributed by atoms with Crippen molar-refractivity contribution < 1.29 is 9.47 Å². The van der Waals surface area contributed by atoms with Gasteiger partial charge in [-0.1, -0.05) is 0 Å². The Labute approximate surface area is 166 Å². The van der Waals surface area contributed by atoms with Crippen LogP contribution < -0.4 is 10.3 Å². The monoisotopic (exact) mass is 394 g/mol. The molecule has 0 amide bonds. The largest absolute Gasteiger partial charge is 0.497 e. The van der Waals surface area contributed by atoms with E-state index in [2.05, 4.69) is 20.2 Å². The van der Waals surface area contributed by atoms with Crippen molar-refractivity contribution >= 4 is 10.9 Å². The third kappa shape index (κ3) is 3.90. The maximum absolute atomic E-state index is 12.7. The van der Waals surface area contributed by atoms with Gasteiger partial charge in [-0.05, 0) is 24.3 Å². The first-order chi connectivity index (χ1) is 14.2. The van der Waals surface area contributed by atoms with Crippen LogP contribution >= 0.6 is 0 Å². The van der Waals surface area contributed by atoms with Crippen molar-refractivity contribution in [2.75, 3.05) is 20.8 Å². The van der Waals surface area contributed by atoms with E-state index >= 15 is 0 Å². The van der Waals surface area contributed by atoms with Crippen LogP contribution in [0.4, 0.5) is 0 Å². The molecule has 4 aromatic rings. The first-order valence-electron chi connectivity index (χ1n) is 9.28. The summed E-state index contributed by atoms with van der Waals surface area (Å²) >= 11 is 0. The highest BCUT2D eigenvalue weighted by Gasteiger charge is 2.13. The van der Waals surface area contributed by atoms with Gasteiger partial charge in [-0.3, -0.25) is 4.79 Å². The molecule has 3 aromatic heterocycles. The van der Waals surface area contributed by atoms with Crippen LogP contribution in [0.5, 0.6) is 5.75 Å². The molecule has 0 unspecified atom stereocenters. The molecule has 4 rings (SSSR count). The molecule has 1 aromatic carbocycles. The highest BCUT2D eigenvalue weighted by Crippen LogP contribution is 2.22. The Morgan fingerprint density at radius 1 is 1.14 bits per heavy atom. The molecule has 9 heteroatoms. The first kappa shape index (κ1) is 18.9. The third-order valence-corrected chi connectivity index (χ3v) is 4.82. The summed E-state index contributed by atoms with van der Waals surface area (Å²) < 4.78 is 14.3. The minimum atomic E-state index is -0.182. The summed E-state index contributed by atoms with van der Waals surface area (Å²) in [6, 6.07) is 7.38. The van der Waals surface area contributed by atoms with Gasteiger partial charge in [0.25, 0.3) is 5.56 Å². The molecule has 150 valence electrons. The second-order valence-electron chi connectivity index (χ2n) is 6.59. The lowest BCUT2D eigenvalue weighted by Gasteiger charge is -2.10. The Kier molecular flexibility index (Phi) is 5.39. The van der Waals surface area contributed by atoms with Gasteiger partial charge in [-0.2, -0.15) is 0 Å². The van der Waals surface area contributed by atoms with Crippen LogP contribution in [0.15, 0.2) is 47.8 Å². The number of nitrogens with zero attached hydrogens (tertiary/aromatic N) is 5. The minimum absolute atomic E-state index is 0.182. The average Bonchev–Trinajstić information content (AvgIpc) is 3.38. The zero-order valence-corrected chi connectivity index (χ0v) is 16.3. The number of benzene rings is 1. The van der Waals surface area contributed by atoms with Crippen LogP contribution in [0.25, 0.3) is 22.3 Å². The summed E-state index contributed by atoms with van der Waals surface area (Å²) in [5.74, 6) is 2.20. The molecular formula is C20H22N6O3. The molecule has 0 aliphatic carbocycles. The highest BCUT2D eigenvalue weighted by atomic mass is 16.5. The second-order valence-corrected chi connectivity index (χ2v) is 6.59. The summed E-state index contributed by atoms with van der Waals surface area (Å²) in [6.45, 7) is 1.91. The third-order valence-electron chi connectivity index (χ3n) is 4.82. The van der Waals surface area contributed by atoms with Crippen LogP contribution in [0.2, 0.25) is 0 Å². The fourth-order valence-electron chi connectivity index (χ4n) is 3.28. The number of methoxy groups -OCH3 is 2. The summed E-state index contributed by atoms with van der Waals surface area (Å²) in [4.78, 5) is 20.0. The van der Waals surface area contributed by atoms with Crippen LogP contribution in [0.3, 0.4) is 0 Å². The predicted octanol–water partition coefficient (Wildman–Crippen LogP) is 1.88. The fourth-order valence-corrected chi connectivity index (χ4v) is 3.28. The van der Waals surface area contributed by atoms with E-state index in [0.29, 0.717) is 37.5 Å². The zero-order chi connectivity index (χ0) is 20.2. The van der Waals surface area contributed by atoms with E-state index in [1.807, 2.05) is 39.6 Å². The SMILES string of the molecule is COCCn1cnnc1CCn1ccnc1-c1cc2cc(OC)ccc2[nH]c1=O. The van der Waals surface area contributed by atoms with Crippen molar-refractivity contribution in [2.45, 2.75) is 19.5 Å².